The fourth-order valence-electron chi connectivity index (χ4n) is 2.00. The number of halogens is 1. The molecule has 0 radical (unpaired) electrons. The molecular weight excluding hydrogens is 280 g/mol. The van der Waals surface area contributed by atoms with Crippen molar-refractivity contribution in [3.63, 3.8) is 0 Å². The lowest BCUT2D eigenvalue weighted by atomic mass is 10.1. The van der Waals surface area contributed by atoms with Crippen molar-refractivity contribution < 1.29 is 19.3 Å². The van der Waals surface area contributed by atoms with E-state index in [4.69, 9.17) is 25.8 Å². The molecule has 1 N–H and O–H groups in total. The van der Waals surface area contributed by atoms with Gasteiger partial charge in [-0.2, -0.15) is 0 Å². The largest absolute Gasteiger partial charge is 0.507 e. The average molecular weight is 293 g/mol. The highest BCUT2D eigenvalue weighted by Crippen LogP contribution is 2.41. The van der Waals surface area contributed by atoms with Gasteiger partial charge in [-0.15, -0.1) is 0 Å². The quantitative estimate of drug-likeness (QED) is 0.902. The van der Waals surface area contributed by atoms with Crippen molar-refractivity contribution in [3.05, 3.63) is 40.4 Å². The lowest BCUT2D eigenvalue weighted by Crippen LogP contribution is -1.93. The van der Waals surface area contributed by atoms with Crippen LogP contribution in [-0.4, -0.2) is 11.9 Å². The molecule has 0 amide bonds. The van der Waals surface area contributed by atoms with E-state index in [1.165, 1.54) is 6.07 Å². The molecule has 0 bridgehead atoms. The van der Waals surface area contributed by atoms with E-state index < -0.39 is 0 Å². The first-order valence-corrected chi connectivity index (χ1v) is 6.49. The number of phenols is 1. The SMILES string of the molecule is Cc1cc2c(cc1Oc1cc(Cl)cc(O)c1C)OCO2. The molecule has 0 spiro atoms. The second-order valence-electron chi connectivity index (χ2n) is 4.62. The van der Waals surface area contributed by atoms with Crippen molar-refractivity contribution in [2.24, 2.45) is 0 Å². The summed E-state index contributed by atoms with van der Waals surface area (Å²) in [5, 5.41) is 10.2. The van der Waals surface area contributed by atoms with Crippen LogP contribution >= 0.6 is 11.6 Å². The van der Waals surface area contributed by atoms with Crippen molar-refractivity contribution in [2.75, 3.05) is 6.79 Å². The Morgan fingerprint density at radius 2 is 1.75 bits per heavy atom. The van der Waals surface area contributed by atoms with Crippen LogP contribution in [-0.2, 0) is 0 Å². The Kier molecular flexibility index (Phi) is 3.10. The molecule has 1 heterocycles. The summed E-state index contributed by atoms with van der Waals surface area (Å²) < 4.78 is 16.5. The summed E-state index contributed by atoms with van der Waals surface area (Å²) in [4.78, 5) is 0. The Morgan fingerprint density at radius 3 is 2.50 bits per heavy atom. The van der Waals surface area contributed by atoms with Crippen LogP contribution < -0.4 is 14.2 Å². The number of benzene rings is 2. The first-order valence-electron chi connectivity index (χ1n) is 6.12. The third-order valence-electron chi connectivity index (χ3n) is 3.19. The fraction of sp³-hybridized carbons (Fsp3) is 0.200. The van der Waals surface area contributed by atoms with Gasteiger partial charge in [0.25, 0.3) is 0 Å². The summed E-state index contributed by atoms with van der Waals surface area (Å²) in [6, 6.07) is 6.78. The first-order chi connectivity index (χ1) is 9.54. The Labute approximate surface area is 121 Å². The summed E-state index contributed by atoms with van der Waals surface area (Å²) in [6.07, 6.45) is 0. The number of phenolic OH excluding ortho intramolecular Hbond substituents is 1. The summed E-state index contributed by atoms with van der Waals surface area (Å²) in [5.74, 6) is 2.61. The maximum Gasteiger partial charge on any atom is 0.231 e. The zero-order valence-electron chi connectivity index (χ0n) is 11.1. The van der Waals surface area contributed by atoms with Crippen LogP contribution in [0.1, 0.15) is 11.1 Å². The Balaban J connectivity index is 2.00. The monoisotopic (exact) mass is 292 g/mol. The molecular formula is C15H13ClO4. The molecule has 0 aliphatic carbocycles. The molecule has 20 heavy (non-hydrogen) atoms. The second kappa shape index (κ2) is 4.80. The zero-order chi connectivity index (χ0) is 14.3. The highest BCUT2D eigenvalue weighted by molar-refractivity contribution is 6.30. The number of aryl methyl sites for hydroxylation is 1. The summed E-state index contributed by atoms with van der Waals surface area (Å²) in [5.41, 5.74) is 1.54. The number of rotatable bonds is 2. The molecule has 2 aromatic carbocycles. The predicted molar refractivity (Wildman–Crippen MR) is 75.2 cm³/mol. The zero-order valence-corrected chi connectivity index (χ0v) is 11.8. The van der Waals surface area contributed by atoms with Gasteiger partial charge in [-0.3, -0.25) is 0 Å². The third-order valence-corrected chi connectivity index (χ3v) is 3.41. The van der Waals surface area contributed by atoms with Crippen LogP contribution in [0.25, 0.3) is 0 Å². The predicted octanol–water partition coefficient (Wildman–Crippen LogP) is 4.18. The normalized spacial score (nSPS) is 12.6. The van der Waals surface area contributed by atoms with Gasteiger partial charge < -0.3 is 19.3 Å². The summed E-state index contributed by atoms with van der Waals surface area (Å²) in [6.45, 7) is 3.90. The maximum absolute atomic E-state index is 9.77. The van der Waals surface area contributed by atoms with Crippen molar-refractivity contribution in [1.82, 2.24) is 0 Å². The highest BCUT2D eigenvalue weighted by atomic mass is 35.5. The maximum atomic E-state index is 9.77. The van der Waals surface area contributed by atoms with Crippen LogP contribution in [0.3, 0.4) is 0 Å². The van der Waals surface area contributed by atoms with E-state index in [1.807, 2.05) is 13.0 Å². The molecule has 2 aromatic rings. The van der Waals surface area contributed by atoms with E-state index in [0.717, 1.165) is 5.56 Å². The molecule has 5 heteroatoms. The van der Waals surface area contributed by atoms with Gasteiger partial charge in [-0.05, 0) is 37.6 Å². The molecule has 1 aliphatic rings. The van der Waals surface area contributed by atoms with Gasteiger partial charge >= 0.3 is 0 Å². The van der Waals surface area contributed by atoms with E-state index >= 15 is 0 Å². The number of hydrogen-bond donors (Lipinski definition) is 1. The minimum absolute atomic E-state index is 0.103. The van der Waals surface area contributed by atoms with E-state index in [9.17, 15) is 5.11 Å². The van der Waals surface area contributed by atoms with Gasteiger partial charge in [0.2, 0.25) is 6.79 Å². The van der Waals surface area contributed by atoms with Crippen LogP contribution in [0.15, 0.2) is 24.3 Å². The molecule has 0 fully saturated rings. The number of hydrogen-bond acceptors (Lipinski definition) is 4. The van der Waals surface area contributed by atoms with Crippen molar-refractivity contribution in [1.29, 1.82) is 0 Å². The molecule has 104 valence electrons. The fourth-order valence-corrected chi connectivity index (χ4v) is 2.20. The Bertz CT molecular complexity index is 682. The van der Waals surface area contributed by atoms with Crippen LogP contribution in [0.5, 0.6) is 28.7 Å². The van der Waals surface area contributed by atoms with Gasteiger partial charge in [0, 0.05) is 16.7 Å². The lowest BCUT2D eigenvalue weighted by molar-refractivity contribution is 0.174. The smallest absolute Gasteiger partial charge is 0.231 e. The van der Waals surface area contributed by atoms with E-state index in [2.05, 4.69) is 0 Å². The van der Waals surface area contributed by atoms with Crippen LogP contribution in [0, 0.1) is 13.8 Å². The third kappa shape index (κ3) is 2.23. The molecule has 3 rings (SSSR count). The topological polar surface area (TPSA) is 47.9 Å². The van der Waals surface area contributed by atoms with Gasteiger partial charge in [0.05, 0.1) is 0 Å². The van der Waals surface area contributed by atoms with Crippen molar-refractivity contribution in [2.45, 2.75) is 13.8 Å². The minimum atomic E-state index is 0.103. The molecule has 0 atom stereocenters. The Hall–Kier alpha value is -2.07. The van der Waals surface area contributed by atoms with E-state index in [0.29, 0.717) is 33.6 Å². The van der Waals surface area contributed by atoms with Gasteiger partial charge in [0.1, 0.15) is 17.2 Å². The molecule has 0 saturated carbocycles. The Morgan fingerprint density at radius 1 is 1.05 bits per heavy atom. The number of ether oxygens (including phenoxy) is 3. The lowest BCUT2D eigenvalue weighted by Gasteiger charge is -2.13. The first kappa shape index (κ1) is 12.9. The average Bonchev–Trinajstić information content (AvgIpc) is 2.82. The number of aromatic hydroxyl groups is 1. The summed E-state index contributed by atoms with van der Waals surface area (Å²) in [7, 11) is 0. The van der Waals surface area contributed by atoms with Gasteiger partial charge in [0.15, 0.2) is 11.5 Å². The van der Waals surface area contributed by atoms with Gasteiger partial charge in [-0.1, -0.05) is 11.6 Å². The molecule has 0 saturated heterocycles. The highest BCUT2D eigenvalue weighted by Gasteiger charge is 2.17. The molecule has 1 aliphatic heterocycles. The number of fused-ring (bicyclic) bond motifs is 1. The molecule has 0 unspecified atom stereocenters. The van der Waals surface area contributed by atoms with Crippen molar-refractivity contribution in [3.8, 4) is 28.7 Å². The summed E-state index contributed by atoms with van der Waals surface area (Å²) >= 11 is 5.94. The minimum Gasteiger partial charge on any atom is -0.507 e. The standard InChI is InChI=1S/C15H13ClO4/c1-8-3-14-15(19-7-18-14)6-12(8)20-13-5-10(16)4-11(17)9(13)2/h3-6,17H,7H2,1-2H3. The van der Waals surface area contributed by atoms with Crippen LogP contribution in [0.4, 0.5) is 0 Å². The molecule has 4 nitrogen and oxygen atoms in total. The molecule has 0 aromatic heterocycles. The van der Waals surface area contributed by atoms with Crippen LogP contribution in [0.2, 0.25) is 5.02 Å². The van der Waals surface area contributed by atoms with Gasteiger partial charge in [-0.25, -0.2) is 0 Å². The van der Waals surface area contributed by atoms with E-state index in [1.54, 1.807) is 19.1 Å². The van der Waals surface area contributed by atoms with Crippen molar-refractivity contribution >= 4 is 11.6 Å². The second-order valence-corrected chi connectivity index (χ2v) is 5.06. The van der Waals surface area contributed by atoms with E-state index in [-0.39, 0.29) is 12.5 Å².